The van der Waals surface area contributed by atoms with Crippen molar-refractivity contribution in [2.45, 2.75) is 46.1 Å². The van der Waals surface area contributed by atoms with E-state index >= 15 is 0 Å². The van der Waals surface area contributed by atoms with E-state index < -0.39 is 5.97 Å². The number of hydrogen-bond donors (Lipinski definition) is 1. The molecule has 4 heteroatoms. The highest BCUT2D eigenvalue weighted by Crippen LogP contribution is 2.15. The van der Waals surface area contributed by atoms with Crippen LogP contribution in [0.25, 0.3) is 0 Å². The summed E-state index contributed by atoms with van der Waals surface area (Å²) in [5.74, 6) is -0.801. The number of aliphatic carboxylic acids is 1. The Morgan fingerprint density at radius 3 is 2.57 bits per heavy atom. The fourth-order valence-electron chi connectivity index (χ4n) is 2.59. The maximum absolute atomic E-state index is 10.9. The summed E-state index contributed by atoms with van der Waals surface area (Å²) in [5.41, 5.74) is 4.02. The van der Waals surface area contributed by atoms with Crippen LogP contribution in [0, 0.1) is 13.8 Å². The molecule has 0 saturated carbocycles. The molecule has 0 aliphatic carbocycles. The van der Waals surface area contributed by atoms with Gasteiger partial charge in [0.15, 0.2) is 0 Å². The van der Waals surface area contributed by atoms with Gasteiger partial charge in [0, 0.05) is 17.8 Å². The molecule has 1 N–H and O–H groups in total. The fraction of sp³-hybridized carbons (Fsp3) is 0.412. The van der Waals surface area contributed by atoms with Crippen molar-refractivity contribution >= 4 is 5.97 Å². The summed E-state index contributed by atoms with van der Waals surface area (Å²) >= 11 is 0. The van der Waals surface area contributed by atoms with Gasteiger partial charge in [-0.3, -0.25) is 9.48 Å². The van der Waals surface area contributed by atoms with Crippen molar-refractivity contribution in [3.63, 3.8) is 0 Å². The third-order valence-corrected chi connectivity index (χ3v) is 3.79. The van der Waals surface area contributed by atoms with Crippen molar-refractivity contribution in [3.8, 4) is 0 Å². The van der Waals surface area contributed by atoms with Gasteiger partial charge >= 0.3 is 5.97 Å². The van der Waals surface area contributed by atoms with E-state index in [2.05, 4.69) is 29.4 Å². The third-order valence-electron chi connectivity index (χ3n) is 3.79. The lowest BCUT2D eigenvalue weighted by Gasteiger charge is -2.05. The second-order valence-electron chi connectivity index (χ2n) is 5.39. The molecule has 0 fully saturated rings. The van der Waals surface area contributed by atoms with Crippen molar-refractivity contribution in [2.75, 3.05) is 0 Å². The second-order valence-corrected chi connectivity index (χ2v) is 5.39. The minimum atomic E-state index is -0.801. The van der Waals surface area contributed by atoms with Crippen molar-refractivity contribution in [1.82, 2.24) is 9.78 Å². The Balaban J connectivity index is 1.87. The van der Waals surface area contributed by atoms with E-state index in [0.29, 0.717) is 0 Å². The minimum absolute atomic E-state index is 0.0572. The molecule has 0 aliphatic rings. The molecule has 0 aliphatic heterocycles. The van der Waals surface area contributed by atoms with Crippen LogP contribution >= 0.6 is 0 Å². The standard InChI is InChI=1S/C17H22N2O2/c1-13-16(12-17(20)21)14(2)19(18-13)11-7-6-10-15-8-4-3-5-9-15/h3-5,8-9H,6-7,10-12H2,1-2H3,(H,20,21). The van der Waals surface area contributed by atoms with E-state index in [1.54, 1.807) is 0 Å². The molecule has 0 spiro atoms. The molecule has 21 heavy (non-hydrogen) atoms. The first kappa shape index (κ1) is 15.3. The van der Waals surface area contributed by atoms with Gasteiger partial charge in [-0.2, -0.15) is 5.10 Å². The quantitative estimate of drug-likeness (QED) is 0.795. The van der Waals surface area contributed by atoms with Crippen LogP contribution in [0.1, 0.15) is 35.4 Å². The molecule has 2 aromatic rings. The lowest BCUT2D eigenvalue weighted by molar-refractivity contribution is -0.136. The topological polar surface area (TPSA) is 55.1 Å². The molecule has 4 nitrogen and oxygen atoms in total. The van der Waals surface area contributed by atoms with Gasteiger partial charge in [-0.1, -0.05) is 30.3 Å². The normalized spacial score (nSPS) is 10.8. The highest BCUT2D eigenvalue weighted by molar-refractivity contribution is 5.70. The molecule has 1 aromatic carbocycles. The van der Waals surface area contributed by atoms with Gasteiger partial charge in [0.05, 0.1) is 12.1 Å². The first-order chi connectivity index (χ1) is 10.1. The molecule has 0 saturated heterocycles. The van der Waals surface area contributed by atoms with E-state index in [9.17, 15) is 4.79 Å². The number of carboxylic acids is 1. The number of aromatic nitrogens is 2. The molecule has 2 rings (SSSR count). The van der Waals surface area contributed by atoms with Gasteiger partial charge in [-0.15, -0.1) is 0 Å². The summed E-state index contributed by atoms with van der Waals surface area (Å²) in [5, 5.41) is 13.4. The lowest BCUT2D eigenvalue weighted by Crippen LogP contribution is -2.05. The van der Waals surface area contributed by atoms with Crippen molar-refractivity contribution in [2.24, 2.45) is 0 Å². The van der Waals surface area contributed by atoms with Crippen LogP contribution in [0.5, 0.6) is 0 Å². The highest BCUT2D eigenvalue weighted by Gasteiger charge is 2.13. The maximum atomic E-state index is 10.9. The smallest absolute Gasteiger partial charge is 0.307 e. The number of aryl methyl sites for hydroxylation is 3. The van der Waals surface area contributed by atoms with Crippen LogP contribution < -0.4 is 0 Å². The predicted molar refractivity (Wildman–Crippen MR) is 82.4 cm³/mol. The zero-order valence-corrected chi connectivity index (χ0v) is 12.7. The Bertz CT molecular complexity index is 603. The second kappa shape index (κ2) is 7.07. The maximum Gasteiger partial charge on any atom is 0.307 e. The van der Waals surface area contributed by atoms with Crippen LogP contribution in [0.2, 0.25) is 0 Å². The zero-order chi connectivity index (χ0) is 15.2. The van der Waals surface area contributed by atoms with Crippen molar-refractivity contribution in [1.29, 1.82) is 0 Å². The Morgan fingerprint density at radius 1 is 1.19 bits per heavy atom. The van der Waals surface area contributed by atoms with Crippen LogP contribution in [-0.2, 0) is 24.2 Å². The van der Waals surface area contributed by atoms with Crippen molar-refractivity contribution in [3.05, 3.63) is 52.8 Å². The number of carbonyl (C=O) groups is 1. The molecule has 0 radical (unpaired) electrons. The van der Waals surface area contributed by atoms with Crippen LogP contribution in [0.3, 0.4) is 0 Å². The summed E-state index contributed by atoms with van der Waals surface area (Å²) in [6.07, 6.45) is 3.28. The SMILES string of the molecule is Cc1nn(CCCCc2ccccc2)c(C)c1CC(=O)O. The van der Waals surface area contributed by atoms with Crippen LogP contribution in [0.15, 0.2) is 30.3 Å². The summed E-state index contributed by atoms with van der Waals surface area (Å²) in [7, 11) is 0. The first-order valence-electron chi connectivity index (χ1n) is 7.36. The van der Waals surface area contributed by atoms with Gasteiger partial charge in [-0.05, 0) is 38.7 Å². The molecule has 0 unspecified atom stereocenters. The van der Waals surface area contributed by atoms with E-state index in [-0.39, 0.29) is 6.42 Å². The van der Waals surface area contributed by atoms with Gasteiger partial charge in [0.1, 0.15) is 0 Å². The first-order valence-corrected chi connectivity index (χ1v) is 7.36. The summed E-state index contributed by atoms with van der Waals surface area (Å²) in [4.78, 5) is 10.9. The van der Waals surface area contributed by atoms with Gasteiger partial charge < -0.3 is 5.11 Å². The third kappa shape index (κ3) is 4.18. The average Bonchev–Trinajstić information content (AvgIpc) is 2.72. The van der Waals surface area contributed by atoms with Crippen molar-refractivity contribution < 1.29 is 9.90 Å². The Morgan fingerprint density at radius 2 is 1.90 bits per heavy atom. The fourth-order valence-corrected chi connectivity index (χ4v) is 2.59. The summed E-state index contributed by atoms with van der Waals surface area (Å²) < 4.78 is 1.94. The highest BCUT2D eigenvalue weighted by atomic mass is 16.4. The number of benzene rings is 1. The number of unbranched alkanes of at least 4 members (excludes halogenated alkanes) is 1. The summed E-state index contributed by atoms with van der Waals surface area (Å²) in [6.45, 7) is 4.68. The number of carboxylic acid groups (broad SMARTS) is 1. The van der Waals surface area contributed by atoms with Gasteiger partial charge in [0.2, 0.25) is 0 Å². The molecular weight excluding hydrogens is 264 g/mol. The summed E-state index contributed by atoms with van der Waals surface area (Å²) in [6, 6.07) is 10.5. The lowest BCUT2D eigenvalue weighted by atomic mass is 10.1. The Kier molecular flexibility index (Phi) is 5.14. The van der Waals surface area contributed by atoms with E-state index in [0.717, 1.165) is 42.8 Å². The Labute approximate surface area is 125 Å². The number of nitrogens with zero attached hydrogens (tertiary/aromatic N) is 2. The van der Waals surface area contributed by atoms with E-state index in [4.69, 9.17) is 5.11 Å². The van der Waals surface area contributed by atoms with Gasteiger partial charge in [-0.25, -0.2) is 0 Å². The monoisotopic (exact) mass is 286 g/mol. The molecule has 1 heterocycles. The molecule has 0 atom stereocenters. The molecule has 0 bridgehead atoms. The average molecular weight is 286 g/mol. The molecule has 112 valence electrons. The Hall–Kier alpha value is -2.10. The number of hydrogen-bond acceptors (Lipinski definition) is 2. The largest absolute Gasteiger partial charge is 0.481 e. The van der Waals surface area contributed by atoms with Crippen LogP contribution in [-0.4, -0.2) is 20.9 Å². The van der Waals surface area contributed by atoms with E-state index in [1.165, 1.54) is 5.56 Å². The molecule has 0 amide bonds. The van der Waals surface area contributed by atoms with Gasteiger partial charge in [0.25, 0.3) is 0 Å². The minimum Gasteiger partial charge on any atom is -0.481 e. The molecule has 1 aromatic heterocycles. The van der Waals surface area contributed by atoms with E-state index in [1.807, 2.05) is 24.6 Å². The zero-order valence-electron chi connectivity index (χ0n) is 12.7. The van der Waals surface area contributed by atoms with Crippen LogP contribution in [0.4, 0.5) is 0 Å². The molecular formula is C17H22N2O2. The predicted octanol–water partition coefficient (Wildman–Crippen LogP) is 3.15. The number of rotatable bonds is 7.